The molecule has 25 heavy (non-hydrogen) atoms. The van der Waals surface area contributed by atoms with Crippen LogP contribution < -0.4 is 14.9 Å². The van der Waals surface area contributed by atoms with Gasteiger partial charge in [-0.15, -0.1) is 10.2 Å². The van der Waals surface area contributed by atoms with Crippen LogP contribution in [0.2, 0.25) is 0 Å². The maximum Gasteiger partial charge on any atom is 0.212 e. The number of nitrogens with zero attached hydrogens (tertiary/aromatic N) is 3. The van der Waals surface area contributed by atoms with E-state index >= 15 is 0 Å². The van der Waals surface area contributed by atoms with Gasteiger partial charge >= 0.3 is 0 Å². The van der Waals surface area contributed by atoms with Crippen LogP contribution in [0.4, 0.5) is 0 Å². The minimum absolute atomic E-state index is 0.0963. The van der Waals surface area contributed by atoms with Crippen LogP contribution in [0.3, 0.4) is 0 Å². The zero-order valence-electron chi connectivity index (χ0n) is 13.0. The number of benzene rings is 2. The third kappa shape index (κ3) is 2.65. The molecule has 0 spiro atoms. The van der Waals surface area contributed by atoms with E-state index in [1.165, 1.54) is 5.56 Å². The summed E-state index contributed by atoms with van der Waals surface area (Å²) in [6, 6.07) is 14.1. The van der Waals surface area contributed by atoms with E-state index in [0.717, 1.165) is 32.5 Å². The Hall–Kier alpha value is -2.19. The molecule has 2 aliphatic rings. The van der Waals surface area contributed by atoms with E-state index < -0.39 is 0 Å². The molecular weight excluding hydrogens is 404 g/mol. The van der Waals surface area contributed by atoms with E-state index in [1.807, 2.05) is 35.0 Å². The van der Waals surface area contributed by atoms with E-state index in [9.17, 15) is 0 Å². The molecule has 1 N–H and O–H groups in total. The van der Waals surface area contributed by atoms with E-state index in [4.69, 9.17) is 9.47 Å². The van der Waals surface area contributed by atoms with Crippen LogP contribution in [0.1, 0.15) is 10.9 Å². The summed E-state index contributed by atoms with van der Waals surface area (Å²) in [5.74, 6) is 2.28. The summed E-state index contributed by atoms with van der Waals surface area (Å²) in [6.45, 7) is 1.15. The Labute approximate surface area is 156 Å². The summed E-state index contributed by atoms with van der Waals surface area (Å²) >= 11 is 5.17. The first-order chi connectivity index (χ1) is 12.3. The number of hydrogen-bond acceptors (Lipinski definition) is 6. The second-order valence-corrected chi connectivity index (χ2v) is 7.67. The molecule has 0 bridgehead atoms. The topological polar surface area (TPSA) is 61.2 Å². The molecule has 2 aromatic carbocycles. The summed E-state index contributed by atoms with van der Waals surface area (Å²) in [5.41, 5.74) is 5.58. The molecule has 1 unspecified atom stereocenters. The molecule has 3 aromatic rings. The van der Waals surface area contributed by atoms with Gasteiger partial charge in [0.25, 0.3) is 0 Å². The molecule has 0 fully saturated rings. The van der Waals surface area contributed by atoms with Gasteiger partial charge in [0.1, 0.15) is 18.6 Å². The second kappa shape index (κ2) is 5.96. The number of halogens is 1. The second-order valence-electron chi connectivity index (χ2n) is 5.68. The highest BCUT2D eigenvalue weighted by atomic mass is 79.9. The normalized spacial score (nSPS) is 17.9. The molecule has 126 valence electrons. The van der Waals surface area contributed by atoms with Crippen LogP contribution in [0, 0.1) is 0 Å². The number of aromatic nitrogens is 3. The fraction of sp³-hybridized carbons (Fsp3) is 0.176. The molecule has 1 aromatic heterocycles. The van der Waals surface area contributed by atoms with Gasteiger partial charge in [-0.2, -0.15) is 0 Å². The predicted molar refractivity (Wildman–Crippen MR) is 98.5 cm³/mol. The van der Waals surface area contributed by atoms with Crippen molar-refractivity contribution in [1.29, 1.82) is 0 Å². The van der Waals surface area contributed by atoms with Gasteiger partial charge in [0.15, 0.2) is 17.3 Å². The Kier molecular flexibility index (Phi) is 3.60. The highest BCUT2D eigenvalue weighted by Crippen LogP contribution is 2.41. The molecule has 0 radical (unpaired) electrons. The minimum Gasteiger partial charge on any atom is -0.486 e. The van der Waals surface area contributed by atoms with E-state index in [1.54, 1.807) is 11.8 Å². The van der Waals surface area contributed by atoms with Crippen LogP contribution in [0.15, 0.2) is 52.1 Å². The molecule has 6 nitrogen and oxygen atoms in total. The highest BCUT2D eigenvalue weighted by molar-refractivity contribution is 9.10. The van der Waals surface area contributed by atoms with E-state index in [-0.39, 0.29) is 5.37 Å². The molecule has 1 atom stereocenters. The number of nitrogens with one attached hydrogen (secondary N) is 1. The molecule has 0 aliphatic carbocycles. The van der Waals surface area contributed by atoms with Gasteiger partial charge in [-0.1, -0.05) is 39.8 Å². The summed E-state index contributed by atoms with van der Waals surface area (Å²) in [5, 5.41) is 9.58. The van der Waals surface area contributed by atoms with Gasteiger partial charge in [-0.05, 0) is 35.9 Å². The van der Waals surface area contributed by atoms with Gasteiger partial charge < -0.3 is 14.9 Å². The van der Waals surface area contributed by atoms with Crippen molar-refractivity contribution in [2.24, 2.45) is 0 Å². The Balaban J connectivity index is 1.48. The number of thioether (sulfide) groups is 1. The monoisotopic (exact) mass is 416 g/mol. The fourth-order valence-corrected chi connectivity index (χ4v) is 4.29. The van der Waals surface area contributed by atoms with Crippen LogP contribution in [-0.4, -0.2) is 28.1 Å². The highest BCUT2D eigenvalue weighted by Gasteiger charge is 2.28. The Morgan fingerprint density at radius 3 is 2.84 bits per heavy atom. The van der Waals surface area contributed by atoms with E-state index in [2.05, 4.69) is 43.7 Å². The smallest absolute Gasteiger partial charge is 0.212 e. The summed E-state index contributed by atoms with van der Waals surface area (Å²) < 4.78 is 14.2. The number of ether oxygens (including phenoxy) is 2. The first kappa shape index (κ1) is 15.1. The molecule has 8 heteroatoms. The lowest BCUT2D eigenvalue weighted by Crippen LogP contribution is -2.16. The lowest BCUT2D eigenvalue weighted by Gasteiger charge is -2.19. The Morgan fingerprint density at radius 1 is 1.08 bits per heavy atom. The maximum absolute atomic E-state index is 5.67. The first-order valence-corrected chi connectivity index (χ1v) is 9.49. The van der Waals surface area contributed by atoms with Crippen molar-refractivity contribution in [3.8, 4) is 22.9 Å². The Bertz CT molecular complexity index is 962. The van der Waals surface area contributed by atoms with Crippen molar-refractivity contribution < 1.29 is 9.47 Å². The number of fused-ring (bicyclic) bond motifs is 2. The third-order valence-electron chi connectivity index (χ3n) is 4.05. The van der Waals surface area contributed by atoms with Crippen molar-refractivity contribution in [3.05, 3.63) is 52.5 Å². The van der Waals surface area contributed by atoms with Gasteiger partial charge in [0, 0.05) is 10.0 Å². The zero-order chi connectivity index (χ0) is 16.8. The average molecular weight is 417 g/mol. The fourth-order valence-electron chi connectivity index (χ4n) is 2.89. The lowest BCUT2D eigenvalue weighted by atomic mass is 10.2. The minimum atomic E-state index is 0.0963. The van der Waals surface area contributed by atoms with E-state index in [0.29, 0.717) is 13.2 Å². The summed E-state index contributed by atoms with van der Waals surface area (Å²) in [6.07, 6.45) is 0. The molecule has 0 saturated carbocycles. The van der Waals surface area contributed by atoms with Crippen molar-refractivity contribution >= 4 is 27.7 Å². The largest absolute Gasteiger partial charge is 0.486 e. The van der Waals surface area contributed by atoms with Crippen LogP contribution in [0.25, 0.3) is 11.4 Å². The molecule has 2 aliphatic heterocycles. The Morgan fingerprint density at radius 2 is 1.96 bits per heavy atom. The average Bonchev–Trinajstić information content (AvgIpc) is 3.22. The van der Waals surface area contributed by atoms with Gasteiger partial charge in [0.2, 0.25) is 5.16 Å². The zero-order valence-corrected chi connectivity index (χ0v) is 15.4. The van der Waals surface area contributed by atoms with Crippen molar-refractivity contribution in [2.45, 2.75) is 10.5 Å². The number of hydrogen-bond donors (Lipinski definition) is 1. The van der Waals surface area contributed by atoms with Crippen molar-refractivity contribution in [1.82, 2.24) is 14.9 Å². The standard InChI is InChI=1S/C17H13BrN4O2S/c18-12-3-1-2-11(8-12)16-21-22-15(19-20-17(22)25-16)10-4-5-13-14(9-10)24-7-6-23-13/h1-5,8-9,16,21H,6-7H2. The van der Waals surface area contributed by atoms with Crippen molar-refractivity contribution in [2.75, 3.05) is 18.6 Å². The quantitative estimate of drug-likeness (QED) is 0.684. The third-order valence-corrected chi connectivity index (χ3v) is 5.64. The first-order valence-electron chi connectivity index (χ1n) is 7.82. The molecular formula is C17H13BrN4O2S. The van der Waals surface area contributed by atoms with Gasteiger partial charge in [-0.3, -0.25) is 0 Å². The summed E-state index contributed by atoms with van der Waals surface area (Å²) in [4.78, 5) is 0. The SMILES string of the molecule is Brc1cccc(C2Nn3c(nnc3-c3ccc4c(c3)OCCO4)S2)c1. The maximum atomic E-state index is 5.67. The van der Waals surface area contributed by atoms with Crippen LogP contribution >= 0.6 is 27.7 Å². The van der Waals surface area contributed by atoms with Crippen LogP contribution in [0.5, 0.6) is 11.5 Å². The van der Waals surface area contributed by atoms with Gasteiger partial charge in [0.05, 0.1) is 0 Å². The molecule has 5 rings (SSSR count). The van der Waals surface area contributed by atoms with Crippen molar-refractivity contribution in [3.63, 3.8) is 0 Å². The molecule has 3 heterocycles. The predicted octanol–water partition coefficient (Wildman–Crippen LogP) is 3.83. The molecule has 0 amide bonds. The van der Waals surface area contributed by atoms with Crippen LogP contribution in [-0.2, 0) is 0 Å². The lowest BCUT2D eigenvalue weighted by molar-refractivity contribution is 0.171. The summed E-state index contributed by atoms with van der Waals surface area (Å²) in [7, 11) is 0. The molecule has 0 saturated heterocycles. The number of rotatable bonds is 2. The van der Waals surface area contributed by atoms with Gasteiger partial charge in [-0.25, -0.2) is 4.68 Å².